The lowest BCUT2D eigenvalue weighted by molar-refractivity contribution is -0.168. The van der Waals surface area contributed by atoms with Gasteiger partial charge in [-0.15, -0.1) is 0 Å². The van der Waals surface area contributed by atoms with Gasteiger partial charge in [0.15, 0.2) is 0 Å². The summed E-state index contributed by atoms with van der Waals surface area (Å²) < 4.78 is 56.9. The fourth-order valence-electron chi connectivity index (χ4n) is 3.20. The van der Waals surface area contributed by atoms with Gasteiger partial charge in [-0.3, -0.25) is 9.48 Å². The number of nitrogens with zero attached hydrogens (tertiary/aromatic N) is 2. The average molecular weight is 518 g/mol. The Bertz CT molecular complexity index is 1190. The van der Waals surface area contributed by atoms with Crippen molar-refractivity contribution in [3.8, 4) is 0 Å². The second kappa shape index (κ2) is 10.8. The number of alkyl halides is 4. The van der Waals surface area contributed by atoms with Crippen LogP contribution in [0.25, 0.3) is 0 Å². The molecule has 34 heavy (non-hydrogen) atoms. The normalized spacial score (nSPS) is 11.8. The number of nitrogens with one attached hydrogen (secondary N) is 1. The molecule has 0 saturated heterocycles. The molecule has 0 bridgehead atoms. The second-order valence-corrected chi connectivity index (χ2v) is 8.48. The van der Waals surface area contributed by atoms with Gasteiger partial charge < -0.3 is 10.1 Å². The molecule has 3 rings (SSSR count). The smallest absolute Gasteiger partial charge is 0.330 e. The SMILES string of the molecule is Cc1nn(Cc2ccc(Cl)c(Cl)c2)c(C)c1NC(=O)c1cccc(COCC(F)(F)C(F)F)c1. The molecular formula is C23H21Cl2F4N3O2. The predicted molar refractivity (Wildman–Crippen MR) is 122 cm³/mol. The summed E-state index contributed by atoms with van der Waals surface area (Å²) in [7, 11) is 0. The van der Waals surface area contributed by atoms with E-state index in [1.54, 1.807) is 42.8 Å². The topological polar surface area (TPSA) is 56.2 Å². The highest BCUT2D eigenvalue weighted by molar-refractivity contribution is 6.42. The quantitative estimate of drug-likeness (QED) is 0.328. The van der Waals surface area contributed by atoms with Crippen LogP contribution in [0.1, 0.15) is 32.9 Å². The maximum Gasteiger partial charge on any atom is 0.330 e. The van der Waals surface area contributed by atoms with Gasteiger partial charge in [-0.25, -0.2) is 8.78 Å². The number of halogens is 6. The third-order valence-corrected chi connectivity index (χ3v) is 5.75. The first-order chi connectivity index (χ1) is 16.0. The lowest BCUT2D eigenvalue weighted by atomic mass is 10.1. The molecule has 0 saturated carbocycles. The molecule has 0 fully saturated rings. The Balaban J connectivity index is 1.68. The number of carbonyl (C=O) groups is 1. The molecule has 0 aliphatic carbocycles. The maximum absolute atomic E-state index is 13.0. The van der Waals surface area contributed by atoms with E-state index >= 15 is 0 Å². The van der Waals surface area contributed by atoms with Crippen molar-refractivity contribution in [3.63, 3.8) is 0 Å². The zero-order valence-electron chi connectivity index (χ0n) is 18.2. The minimum absolute atomic E-state index is 0.248. The zero-order chi connectivity index (χ0) is 25.0. The molecule has 0 aliphatic rings. The zero-order valence-corrected chi connectivity index (χ0v) is 19.7. The summed E-state index contributed by atoms with van der Waals surface area (Å²) >= 11 is 12.0. The Morgan fingerprint density at radius 3 is 2.53 bits per heavy atom. The van der Waals surface area contributed by atoms with Crippen LogP contribution >= 0.6 is 23.2 Å². The first kappa shape index (κ1) is 26.0. The van der Waals surface area contributed by atoms with Crippen LogP contribution in [0.3, 0.4) is 0 Å². The van der Waals surface area contributed by atoms with Crippen molar-refractivity contribution in [2.24, 2.45) is 0 Å². The number of aromatic nitrogens is 2. The molecule has 3 aromatic rings. The van der Waals surface area contributed by atoms with Gasteiger partial charge in [-0.05, 0) is 49.2 Å². The van der Waals surface area contributed by atoms with E-state index in [1.165, 1.54) is 12.1 Å². The van der Waals surface area contributed by atoms with Gasteiger partial charge in [-0.2, -0.15) is 13.9 Å². The Morgan fingerprint density at radius 1 is 1.12 bits per heavy atom. The van der Waals surface area contributed by atoms with Gasteiger partial charge in [0.25, 0.3) is 5.91 Å². The van der Waals surface area contributed by atoms with Crippen LogP contribution < -0.4 is 5.32 Å². The predicted octanol–water partition coefficient (Wildman–Crippen LogP) is 6.52. The lowest BCUT2D eigenvalue weighted by Gasteiger charge is -2.15. The van der Waals surface area contributed by atoms with Crippen molar-refractivity contribution in [1.29, 1.82) is 0 Å². The third kappa shape index (κ3) is 6.28. The summed E-state index contributed by atoms with van der Waals surface area (Å²) in [5, 5.41) is 8.16. The molecule has 0 unspecified atom stereocenters. The molecule has 0 aliphatic heterocycles. The fourth-order valence-corrected chi connectivity index (χ4v) is 3.52. The molecular weight excluding hydrogens is 497 g/mol. The molecule has 0 spiro atoms. The highest BCUT2D eigenvalue weighted by Gasteiger charge is 2.40. The lowest BCUT2D eigenvalue weighted by Crippen LogP contribution is -2.32. The van der Waals surface area contributed by atoms with Gasteiger partial charge in [-0.1, -0.05) is 41.4 Å². The second-order valence-electron chi connectivity index (χ2n) is 7.66. The number of carbonyl (C=O) groups excluding carboxylic acids is 1. The highest BCUT2D eigenvalue weighted by atomic mass is 35.5. The molecule has 5 nitrogen and oxygen atoms in total. The number of ether oxygens (including phenoxy) is 1. The van der Waals surface area contributed by atoms with E-state index in [-0.39, 0.29) is 12.2 Å². The van der Waals surface area contributed by atoms with E-state index in [1.807, 2.05) is 6.07 Å². The van der Waals surface area contributed by atoms with Crippen LogP contribution in [-0.2, 0) is 17.9 Å². The van der Waals surface area contributed by atoms with Crippen molar-refractivity contribution in [1.82, 2.24) is 9.78 Å². The summed E-state index contributed by atoms with van der Waals surface area (Å²) in [6.45, 7) is 2.21. The molecule has 1 aromatic heterocycles. The third-order valence-electron chi connectivity index (χ3n) is 5.01. The minimum Gasteiger partial charge on any atom is -0.370 e. The number of rotatable bonds is 9. The van der Waals surface area contributed by atoms with Crippen LogP contribution in [0.5, 0.6) is 0 Å². The van der Waals surface area contributed by atoms with Crippen LogP contribution in [0.4, 0.5) is 23.2 Å². The summed E-state index contributed by atoms with van der Waals surface area (Å²) in [5.74, 6) is -4.68. The van der Waals surface area contributed by atoms with Crippen LogP contribution in [0.2, 0.25) is 10.0 Å². The maximum atomic E-state index is 13.0. The van der Waals surface area contributed by atoms with Gasteiger partial charge in [0.05, 0.1) is 40.3 Å². The van der Waals surface area contributed by atoms with Crippen molar-refractivity contribution in [3.05, 3.63) is 80.6 Å². The summed E-state index contributed by atoms with van der Waals surface area (Å²) in [6.07, 6.45) is -3.81. The first-order valence-corrected chi connectivity index (χ1v) is 10.9. The van der Waals surface area contributed by atoms with Crippen LogP contribution in [0, 0.1) is 13.8 Å². The molecule has 11 heteroatoms. The first-order valence-electron chi connectivity index (χ1n) is 10.1. The molecule has 2 aromatic carbocycles. The molecule has 1 N–H and O–H groups in total. The number of hydrogen-bond acceptors (Lipinski definition) is 3. The molecule has 1 amide bonds. The van der Waals surface area contributed by atoms with Gasteiger partial charge in [0.2, 0.25) is 0 Å². The van der Waals surface area contributed by atoms with Gasteiger partial charge in [0.1, 0.15) is 6.61 Å². The number of hydrogen-bond donors (Lipinski definition) is 1. The van der Waals surface area contributed by atoms with E-state index in [9.17, 15) is 22.4 Å². The minimum atomic E-state index is -4.23. The van der Waals surface area contributed by atoms with Crippen molar-refractivity contribution in [2.45, 2.75) is 39.3 Å². The Hall–Kier alpha value is -2.62. The number of anilines is 1. The van der Waals surface area contributed by atoms with E-state index in [0.29, 0.717) is 39.2 Å². The Morgan fingerprint density at radius 2 is 1.85 bits per heavy atom. The van der Waals surface area contributed by atoms with Crippen LogP contribution in [0.15, 0.2) is 42.5 Å². The van der Waals surface area contributed by atoms with Crippen molar-refractivity contribution < 1.29 is 27.1 Å². The number of benzene rings is 2. The van der Waals surface area contributed by atoms with E-state index < -0.39 is 24.9 Å². The monoisotopic (exact) mass is 517 g/mol. The van der Waals surface area contributed by atoms with Gasteiger partial charge >= 0.3 is 12.3 Å². The van der Waals surface area contributed by atoms with Crippen LogP contribution in [-0.4, -0.2) is 34.6 Å². The van der Waals surface area contributed by atoms with Gasteiger partial charge in [0, 0.05) is 5.56 Å². The molecule has 1 heterocycles. The van der Waals surface area contributed by atoms with E-state index in [4.69, 9.17) is 27.9 Å². The van der Waals surface area contributed by atoms with E-state index in [0.717, 1.165) is 5.56 Å². The number of amides is 1. The molecule has 0 atom stereocenters. The Labute approximate surface area is 203 Å². The van der Waals surface area contributed by atoms with Crippen molar-refractivity contribution >= 4 is 34.8 Å². The molecule has 182 valence electrons. The standard InChI is InChI=1S/C23H21Cl2F4N3O2/c1-13-20(14(2)32(31-13)10-15-6-7-18(24)19(25)9-15)30-21(33)17-5-3-4-16(8-17)11-34-12-23(28,29)22(26)27/h3-9,22H,10-12H2,1-2H3,(H,30,33). The summed E-state index contributed by atoms with van der Waals surface area (Å²) in [4.78, 5) is 12.8. The molecule has 0 radical (unpaired) electrons. The average Bonchev–Trinajstić information content (AvgIpc) is 3.03. The van der Waals surface area contributed by atoms with Crippen molar-refractivity contribution in [2.75, 3.05) is 11.9 Å². The number of aryl methyl sites for hydroxylation is 1. The summed E-state index contributed by atoms with van der Waals surface area (Å²) in [6, 6.07) is 11.3. The fraction of sp³-hybridized carbons (Fsp3) is 0.304. The Kier molecular flexibility index (Phi) is 8.22. The van der Waals surface area contributed by atoms with E-state index in [2.05, 4.69) is 10.4 Å². The highest BCUT2D eigenvalue weighted by Crippen LogP contribution is 2.26. The largest absolute Gasteiger partial charge is 0.370 e. The summed E-state index contributed by atoms with van der Waals surface area (Å²) in [5.41, 5.74) is 3.36.